The zero-order chi connectivity index (χ0) is 25.2. The summed E-state index contributed by atoms with van der Waals surface area (Å²) in [5.41, 5.74) is 1.92. The van der Waals surface area contributed by atoms with Gasteiger partial charge in [-0.1, -0.05) is 6.07 Å². The molecular formula is C25H32N6O4. The van der Waals surface area contributed by atoms with Crippen LogP contribution in [-0.2, 0) is 11.3 Å². The number of imidazole rings is 1. The number of aryl methyl sites for hydroxylation is 1. The Balaban J connectivity index is 1.54. The molecule has 0 saturated heterocycles. The number of carbonyl (C=O) groups is 1. The predicted molar refractivity (Wildman–Crippen MR) is 129 cm³/mol. The van der Waals surface area contributed by atoms with E-state index in [4.69, 9.17) is 19.2 Å². The van der Waals surface area contributed by atoms with Gasteiger partial charge in [-0.25, -0.2) is 19.7 Å². The molecule has 2 atom stereocenters. The summed E-state index contributed by atoms with van der Waals surface area (Å²) in [5, 5.41) is 3.49. The number of carbonyl (C=O) groups excluding carboxylic acids is 1. The van der Waals surface area contributed by atoms with Gasteiger partial charge in [-0.3, -0.25) is 14.8 Å². The number of hydrogen-bond donors (Lipinski definition) is 1. The van der Waals surface area contributed by atoms with E-state index in [9.17, 15) is 4.79 Å². The van der Waals surface area contributed by atoms with Gasteiger partial charge in [0.05, 0.1) is 18.4 Å². The number of rotatable bonds is 7. The van der Waals surface area contributed by atoms with Crippen molar-refractivity contribution in [3.63, 3.8) is 0 Å². The van der Waals surface area contributed by atoms with Gasteiger partial charge in [0.15, 0.2) is 11.5 Å². The normalized spacial score (nSPS) is 14.5. The topological polar surface area (TPSA) is 104 Å². The molecule has 3 aromatic rings. The third kappa shape index (κ3) is 6.07. The van der Waals surface area contributed by atoms with Gasteiger partial charge in [0.2, 0.25) is 12.7 Å². The number of hydrogen-bond acceptors (Lipinski definition) is 8. The lowest BCUT2D eigenvalue weighted by Gasteiger charge is -2.33. The zero-order valence-corrected chi connectivity index (χ0v) is 21.0. The fourth-order valence-corrected chi connectivity index (χ4v) is 3.74. The molecule has 4 rings (SSSR count). The Bertz CT molecular complexity index is 1180. The van der Waals surface area contributed by atoms with Crippen molar-refractivity contribution < 1.29 is 19.0 Å². The Morgan fingerprint density at radius 2 is 1.97 bits per heavy atom. The minimum atomic E-state index is -0.626. The first kappa shape index (κ1) is 24.5. The van der Waals surface area contributed by atoms with Crippen molar-refractivity contribution in [3.8, 4) is 17.4 Å². The summed E-state index contributed by atoms with van der Waals surface area (Å²) < 4.78 is 18.4. The number of nitrogens with zero attached hydrogens (tertiary/aromatic N) is 5. The molecule has 1 aliphatic rings. The van der Waals surface area contributed by atoms with Crippen molar-refractivity contribution >= 4 is 6.09 Å². The highest BCUT2D eigenvalue weighted by molar-refractivity contribution is 5.68. The van der Waals surface area contributed by atoms with Gasteiger partial charge in [0.1, 0.15) is 11.9 Å². The van der Waals surface area contributed by atoms with Crippen molar-refractivity contribution in [2.24, 2.45) is 0 Å². The Morgan fingerprint density at radius 1 is 1.20 bits per heavy atom. The number of ether oxygens (including phenoxy) is 3. The molecule has 0 aliphatic carbocycles. The molecule has 1 amide bonds. The van der Waals surface area contributed by atoms with Gasteiger partial charge in [-0.15, -0.1) is 0 Å². The Morgan fingerprint density at radius 3 is 2.69 bits per heavy atom. The maximum absolute atomic E-state index is 13.2. The largest absolute Gasteiger partial charge is 0.454 e. The van der Waals surface area contributed by atoms with E-state index in [1.165, 1.54) is 0 Å². The minimum Gasteiger partial charge on any atom is -0.454 e. The second-order valence-corrected chi connectivity index (χ2v) is 9.56. The van der Waals surface area contributed by atoms with E-state index in [0.29, 0.717) is 24.0 Å². The number of amides is 1. The summed E-state index contributed by atoms with van der Waals surface area (Å²) in [4.78, 5) is 28.1. The van der Waals surface area contributed by atoms with Crippen LogP contribution in [0.3, 0.4) is 0 Å². The number of aromatic nitrogens is 4. The van der Waals surface area contributed by atoms with E-state index in [-0.39, 0.29) is 19.0 Å². The van der Waals surface area contributed by atoms with Gasteiger partial charge < -0.3 is 14.2 Å². The fourth-order valence-electron chi connectivity index (χ4n) is 3.74. The predicted octanol–water partition coefficient (Wildman–Crippen LogP) is 4.13. The second kappa shape index (κ2) is 9.91. The lowest BCUT2D eigenvalue weighted by molar-refractivity contribution is 0.0110. The molecule has 2 unspecified atom stereocenters. The van der Waals surface area contributed by atoms with E-state index in [1.807, 2.05) is 65.8 Å². The van der Waals surface area contributed by atoms with Crippen molar-refractivity contribution in [2.45, 2.75) is 65.9 Å². The van der Waals surface area contributed by atoms with Crippen LogP contribution in [-0.4, -0.2) is 49.1 Å². The van der Waals surface area contributed by atoms with E-state index in [1.54, 1.807) is 28.2 Å². The van der Waals surface area contributed by atoms with Crippen LogP contribution in [0.1, 0.15) is 57.6 Å². The van der Waals surface area contributed by atoms with E-state index in [2.05, 4.69) is 15.3 Å². The average molecular weight is 481 g/mol. The molecule has 0 radical (unpaired) electrons. The van der Waals surface area contributed by atoms with Crippen LogP contribution in [0.4, 0.5) is 4.79 Å². The molecule has 1 aromatic carbocycles. The molecule has 10 heteroatoms. The maximum atomic E-state index is 13.2. The molecule has 1 aliphatic heterocycles. The van der Waals surface area contributed by atoms with Crippen molar-refractivity contribution in [2.75, 3.05) is 6.79 Å². The third-order valence-electron chi connectivity index (χ3n) is 5.42. The molecule has 0 bridgehead atoms. The highest BCUT2D eigenvalue weighted by atomic mass is 16.7. The van der Waals surface area contributed by atoms with Crippen LogP contribution in [0.2, 0.25) is 0 Å². The molecule has 35 heavy (non-hydrogen) atoms. The molecule has 10 nitrogen and oxygen atoms in total. The number of fused-ring (bicyclic) bond motifs is 1. The Labute approximate surface area is 205 Å². The van der Waals surface area contributed by atoms with Crippen molar-refractivity contribution in [3.05, 3.63) is 59.9 Å². The van der Waals surface area contributed by atoms with Gasteiger partial charge in [0, 0.05) is 24.1 Å². The van der Waals surface area contributed by atoms with Crippen LogP contribution in [0.25, 0.3) is 5.95 Å². The lowest BCUT2D eigenvalue weighted by atomic mass is 10.1. The summed E-state index contributed by atoms with van der Waals surface area (Å²) in [5.74, 6) is 1.91. The molecule has 0 fully saturated rings. The van der Waals surface area contributed by atoms with E-state index >= 15 is 0 Å². The van der Waals surface area contributed by atoms with Gasteiger partial charge in [-0.05, 0) is 65.3 Å². The zero-order valence-electron chi connectivity index (χ0n) is 21.0. The molecule has 186 valence electrons. The van der Waals surface area contributed by atoms with Crippen LogP contribution in [0.15, 0.2) is 43.0 Å². The molecule has 0 spiro atoms. The van der Waals surface area contributed by atoms with Crippen LogP contribution in [0.5, 0.6) is 11.5 Å². The van der Waals surface area contributed by atoms with Crippen LogP contribution >= 0.6 is 0 Å². The van der Waals surface area contributed by atoms with Gasteiger partial charge in [0.25, 0.3) is 0 Å². The highest BCUT2D eigenvalue weighted by Crippen LogP contribution is 2.33. The molecule has 3 heterocycles. The first-order valence-electron chi connectivity index (χ1n) is 11.6. The van der Waals surface area contributed by atoms with Crippen molar-refractivity contribution in [1.29, 1.82) is 0 Å². The highest BCUT2D eigenvalue weighted by Gasteiger charge is 2.28. The second-order valence-electron chi connectivity index (χ2n) is 9.56. The summed E-state index contributed by atoms with van der Waals surface area (Å²) in [6.07, 6.45) is 4.37. The van der Waals surface area contributed by atoms with Crippen LogP contribution in [0, 0.1) is 6.92 Å². The monoisotopic (exact) mass is 480 g/mol. The number of benzene rings is 1. The fraction of sp³-hybridized carbons (Fsp3) is 0.440. The molecule has 2 aromatic heterocycles. The maximum Gasteiger partial charge on any atom is 0.411 e. The number of nitrogens with one attached hydrogen (secondary N) is 1. The molecule has 1 N–H and O–H groups in total. The van der Waals surface area contributed by atoms with Crippen LogP contribution < -0.4 is 14.8 Å². The average Bonchev–Trinajstić information content (AvgIpc) is 3.47. The van der Waals surface area contributed by atoms with Gasteiger partial charge in [-0.2, -0.15) is 0 Å². The van der Waals surface area contributed by atoms with E-state index in [0.717, 1.165) is 17.0 Å². The summed E-state index contributed by atoms with van der Waals surface area (Å²) in [7, 11) is 0. The van der Waals surface area contributed by atoms with Gasteiger partial charge >= 0.3 is 6.09 Å². The molecular weight excluding hydrogens is 448 g/mol. The summed E-state index contributed by atoms with van der Waals surface area (Å²) in [6.45, 7) is 11.9. The standard InChI is InChI=1S/C25H32N6O4/c1-16-11-20(29-23(27-16)30-10-9-26-14-30)17(2)28-18(3)31(24(32)35-25(4,5)6)13-19-7-8-21-22(12-19)34-15-33-21/h7-12,14,17-18,28H,13,15H2,1-6H3. The smallest absolute Gasteiger partial charge is 0.411 e. The van der Waals surface area contributed by atoms with Crippen molar-refractivity contribution in [1.82, 2.24) is 29.7 Å². The summed E-state index contributed by atoms with van der Waals surface area (Å²) in [6, 6.07) is 7.43. The Hall–Kier alpha value is -3.66. The minimum absolute atomic E-state index is 0.171. The summed E-state index contributed by atoms with van der Waals surface area (Å²) >= 11 is 0. The quantitative estimate of drug-likeness (QED) is 0.504. The first-order chi connectivity index (χ1) is 16.6. The molecule has 0 saturated carbocycles. The third-order valence-corrected chi connectivity index (χ3v) is 5.42. The Kier molecular flexibility index (Phi) is 6.93. The SMILES string of the molecule is Cc1cc(C(C)NC(C)N(Cc2ccc3c(c2)OCO3)C(=O)OC(C)(C)C)nc(-n2ccnc2)n1. The van der Waals surface area contributed by atoms with E-state index < -0.39 is 11.7 Å². The first-order valence-corrected chi connectivity index (χ1v) is 11.6. The lowest BCUT2D eigenvalue weighted by Crippen LogP contribution is -2.49.